The Bertz CT molecular complexity index is 211. The molecule has 17 heavy (non-hydrogen) atoms. The Balaban J connectivity index is 1.82. The van der Waals surface area contributed by atoms with Crippen molar-refractivity contribution < 1.29 is 0 Å². The summed E-state index contributed by atoms with van der Waals surface area (Å²) in [7, 11) is 0. The van der Waals surface area contributed by atoms with Crippen LogP contribution in [0.5, 0.6) is 0 Å². The lowest BCUT2D eigenvalue weighted by Gasteiger charge is -2.34. The summed E-state index contributed by atoms with van der Waals surface area (Å²) in [5.74, 6) is 1.87. The van der Waals surface area contributed by atoms with Gasteiger partial charge in [-0.05, 0) is 70.0 Å². The van der Waals surface area contributed by atoms with Gasteiger partial charge in [-0.15, -0.1) is 0 Å². The maximum Gasteiger partial charge on any atom is 0.00980 e. The van der Waals surface area contributed by atoms with Crippen LogP contribution in [0, 0.1) is 11.8 Å². The van der Waals surface area contributed by atoms with E-state index in [1.165, 1.54) is 64.7 Å². The zero-order valence-electron chi connectivity index (χ0n) is 11.8. The molecule has 2 fully saturated rings. The Hall–Kier alpha value is -0.0800. The van der Waals surface area contributed by atoms with Gasteiger partial charge in [-0.25, -0.2) is 0 Å². The van der Waals surface area contributed by atoms with E-state index in [1.54, 1.807) is 0 Å². The topological polar surface area (TPSA) is 15.3 Å². The average Bonchev–Trinajstić information content (AvgIpc) is 2.77. The average molecular weight is 238 g/mol. The van der Waals surface area contributed by atoms with Crippen molar-refractivity contribution in [2.24, 2.45) is 11.8 Å². The molecule has 100 valence electrons. The highest BCUT2D eigenvalue weighted by Gasteiger charge is 2.28. The summed E-state index contributed by atoms with van der Waals surface area (Å²) in [5, 5.41) is 3.55. The van der Waals surface area contributed by atoms with Crippen LogP contribution in [0.4, 0.5) is 0 Å². The summed E-state index contributed by atoms with van der Waals surface area (Å²) >= 11 is 0. The van der Waals surface area contributed by atoms with Crippen molar-refractivity contribution in [1.82, 2.24) is 10.2 Å². The highest BCUT2D eigenvalue weighted by molar-refractivity contribution is 4.83. The van der Waals surface area contributed by atoms with Gasteiger partial charge in [0.25, 0.3) is 0 Å². The third-order valence-corrected chi connectivity index (χ3v) is 4.59. The molecular formula is C15H30N2. The number of hydrogen-bond donors (Lipinski definition) is 1. The molecule has 1 heterocycles. The molecule has 1 aliphatic carbocycles. The van der Waals surface area contributed by atoms with E-state index < -0.39 is 0 Å². The number of nitrogens with zero attached hydrogens (tertiary/aromatic N) is 1. The van der Waals surface area contributed by atoms with Gasteiger partial charge in [-0.1, -0.05) is 13.8 Å². The minimum atomic E-state index is 0.895. The highest BCUT2D eigenvalue weighted by atomic mass is 15.2. The third-order valence-electron chi connectivity index (χ3n) is 4.59. The van der Waals surface area contributed by atoms with Crippen molar-refractivity contribution in [2.45, 2.75) is 58.4 Å². The molecule has 3 atom stereocenters. The molecule has 1 N–H and O–H groups in total. The second-order valence-electron chi connectivity index (χ2n) is 6.28. The van der Waals surface area contributed by atoms with E-state index in [0.717, 1.165) is 17.9 Å². The van der Waals surface area contributed by atoms with E-state index in [-0.39, 0.29) is 0 Å². The van der Waals surface area contributed by atoms with Gasteiger partial charge in [0.1, 0.15) is 0 Å². The second-order valence-corrected chi connectivity index (χ2v) is 6.28. The zero-order valence-corrected chi connectivity index (χ0v) is 11.8. The number of piperidine rings is 1. The molecule has 1 saturated carbocycles. The standard InChI is InChI=1S/C15H30N2/c1-3-9-17(15-7-6-13(2)10-15)12-14-5-4-8-16-11-14/h13-16H,3-12H2,1-2H3. The lowest BCUT2D eigenvalue weighted by atomic mass is 9.98. The van der Waals surface area contributed by atoms with E-state index >= 15 is 0 Å². The Morgan fingerprint density at radius 1 is 1.24 bits per heavy atom. The molecule has 0 amide bonds. The van der Waals surface area contributed by atoms with Crippen molar-refractivity contribution in [1.29, 1.82) is 0 Å². The Morgan fingerprint density at radius 2 is 2.12 bits per heavy atom. The van der Waals surface area contributed by atoms with Gasteiger partial charge in [0.05, 0.1) is 0 Å². The highest BCUT2D eigenvalue weighted by Crippen LogP contribution is 2.29. The molecule has 0 spiro atoms. The Kier molecular flexibility index (Phi) is 5.30. The van der Waals surface area contributed by atoms with Gasteiger partial charge >= 0.3 is 0 Å². The number of nitrogens with one attached hydrogen (secondary N) is 1. The van der Waals surface area contributed by atoms with E-state index in [0.29, 0.717) is 0 Å². The normalized spacial score (nSPS) is 34.4. The molecule has 0 bridgehead atoms. The van der Waals surface area contributed by atoms with Crippen LogP contribution >= 0.6 is 0 Å². The Morgan fingerprint density at radius 3 is 2.71 bits per heavy atom. The summed E-state index contributed by atoms with van der Waals surface area (Å²) in [6, 6.07) is 0.895. The predicted octanol–water partition coefficient (Wildman–Crippen LogP) is 2.89. The fraction of sp³-hybridized carbons (Fsp3) is 1.00. The fourth-order valence-electron chi connectivity index (χ4n) is 3.63. The minimum Gasteiger partial charge on any atom is -0.316 e. The molecule has 2 nitrogen and oxygen atoms in total. The first-order valence-electron chi connectivity index (χ1n) is 7.74. The summed E-state index contributed by atoms with van der Waals surface area (Å²) < 4.78 is 0. The molecule has 0 aromatic heterocycles. The van der Waals surface area contributed by atoms with E-state index in [4.69, 9.17) is 0 Å². The molecule has 0 aromatic rings. The van der Waals surface area contributed by atoms with Crippen molar-refractivity contribution in [3.63, 3.8) is 0 Å². The zero-order chi connectivity index (χ0) is 12.1. The first-order valence-corrected chi connectivity index (χ1v) is 7.74. The summed E-state index contributed by atoms with van der Waals surface area (Å²) in [6.07, 6.45) is 8.47. The molecule has 2 heteroatoms. The molecule has 0 aromatic carbocycles. The second kappa shape index (κ2) is 6.75. The third kappa shape index (κ3) is 3.96. The van der Waals surface area contributed by atoms with Gasteiger partial charge in [0, 0.05) is 12.6 Å². The summed E-state index contributed by atoms with van der Waals surface area (Å²) in [4.78, 5) is 2.81. The van der Waals surface area contributed by atoms with E-state index in [2.05, 4.69) is 24.1 Å². The lowest BCUT2D eigenvalue weighted by Crippen LogP contribution is -2.42. The summed E-state index contributed by atoms with van der Waals surface area (Å²) in [6.45, 7) is 9.90. The van der Waals surface area contributed by atoms with Gasteiger partial charge in [0.15, 0.2) is 0 Å². The van der Waals surface area contributed by atoms with Crippen LogP contribution in [-0.2, 0) is 0 Å². The summed E-state index contributed by atoms with van der Waals surface area (Å²) in [5.41, 5.74) is 0. The molecule has 1 saturated heterocycles. The minimum absolute atomic E-state index is 0.895. The first-order chi connectivity index (χ1) is 8.29. The van der Waals surface area contributed by atoms with E-state index in [9.17, 15) is 0 Å². The van der Waals surface area contributed by atoms with Gasteiger partial charge < -0.3 is 10.2 Å². The van der Waals surface area contributed by atoms with Crippen LogP contribution in [0.2, 0.25) is 0 Å². The van der Waals surface area contributed by atoms with Crippen LogP contribution in [-0.4, -0.2) is 37.1 Å². The van der Waals surface area contributed by atoms with Crippen LogP contribution < -0.4 is 5.32 Å². The fourth-order valence-corrected chi connectivity index (χ4v) is 3.63. The largest absolute Gasteiger partial charge is 0.316 e. The smallest absolute Gasteiger partial charge is 0.00980 e. The quantitative estimate of drug-likeness (QED) is 0.792. The molecule has 0 radical (unpaired) electrons. The molecule has 2 rings (SSSR count). The first kappa shape index (κ1) is 13.4. The predicted molar refractivity (Wildman–Crippen MR) is 74.3 cm³/mol. The SMILES string of the molecule is CCCN(CC1CCCNC1)C1CCC(C)C1. The lowest BCUT2D eigenvalue weighted by molar-refractivity contribution is 0.153. The Labute approximate surface area is 107 Å². The van der Waals surface area contributed by atoms with Crippen molar-refractivity contribution >= 4 is 0 Å². The van der Waals surface area contributed by atoms with E-state index in [1.807, 2.05) is 0 Å². The maximum atomic E-state index is 3.55. The van der Waals surface area contributed by atoms with Crippen LogP contribution in [0.25, 0.3) is 0 Å². The van der Waals surface area contributed by atoms with Gasteiger partial charge in [0.2, 0.25) is 0 Å². The van der Waals surface area contributed by atoms with Crippen LogP contribution in [0.1, 0.15) is 52.4 Å². The van der Waals surface area contributed by atoms with Gasteiger partial charge in [-0.3, -0.25) is 0 Å². The van der Waals surface area contributed by atoms with Crippen molar-refractivity contribution in [2.75, 3.05) is 26.2 Å². The van der Waals surface area contributed by atoms with Crippen LogP contribution in [0.15, 0.2) is 0 Å². The molecular weight excluding hydrogens is 208 g/mol. The molecule has 3 unspecified atom stereocenters. The number of hydrogen-bond acceptors (Lipinski definition) is 2. The monoisotopic (exact) mass is 238 g/mol. The molecule has 1 aliphatic heterocycles. The van der Waals surface area contributed by atoms with Gasteiger partial charge in [-0.2, -0.15) is 0 Å². The number of rotatable bonds is 5. The van der Waals surface area contributed by atoms with Crippen molar-refractivity contribution in [3.05, 3.63) is 0 Å². The maximum absolute atomic E-state index is 3.55. The molecule has 2 aliphatic rings. The van der Waals surface area contributed by atoms with Crippen LogP contribution in [0.3, 0.4) is 0 Å². The van der Waals surface area contributed by atoms with Crippen molar-refractivity contribution in [3.8, 4) is 0 Å².